The minimum absolute atomic E-state index is 0.108. The predicted molar refractivity (Wildman–Crippen MR) is 102 cm³/mol. The highest BCUT2D eigenvalue weighted by atomic mass is 16.5. The van der Waals surface area contributed by atoms with E-state index in [-0.39, 0.29) is 5.91 Å². The Bertz CT molecular complexity index is 704. The van der Waals surface area contributed by atoms with Crippen LogP contribution in [-0.4, -0.2) is 23.0 Å². The van der Waals surface area contributed by atoms with Gasteiger partial charge in [0.2, 0.25) is 0 Å². The lowest BCUT2D eigenvalue weighted by atomic mass is 10.1. The third kappa shape index (κ3) is 6.07. The number of amides is 1. The summed E-state index contributed by atoms with van der Waals surface area (Å²) in [6, 6.07) is 11.6. The number of nitrogens with one attached hydrogen (secondary N) is 1. The van der Waals surface area contributed by atoms with Crippen LogP contribution in [0.25, 0.3) is 12.2 Å². The molecule has 2 aromatic rings. The zero-order valence-electron chi connectivity index (χ0n) is 15.3. The quantitative estimate of drug-likeness (QED) is 0.824. The van der Waals surface area contributed by atoms with Crippen molar-refractivity contribution in [1.29, 1.82) is 0 Å². The van der Waals surface area contributed by atoms with Gasteiger partial charge in [-0.1, -0.05) is 38.1 Å². The molecule has 0 aliphatic carbocycles. The molecule has 1 amide bonds. The molecule has 4 nitrogen and oxygen atoms in total. The van der Waals surface area contributed by atoms with Crippen molar-refractivity contribution in [2.45, 2.75) is 33.3 Å². The number of aromatic nitrogens is 1. The van der Waals surface area contributed by atoms with Crippen LogP contribution in [0, 0.1) is 5.92 Å². The topological polar surface area (TPSA) is 51.2 Å². The summed E-state index contributed by atoms with van der Waals surface area (Å²) >= 11 is 0. The van der Waals surface area contributed by atoms with E-state index in [0.29, 0.717) is 18.2 Å². The minimum Gasteiger partial charge on any atom is -0.478 e. The molecule has 0 aliphatic heterocycles. The highest BCUT2D eigenvalue weighted by Gasteiger charge is 2.29. The van der Waals surface area contributed by atoms with Crippen LogP contribution in [0.5, 0.6) is 5.75 Å². The van der Waals surface area contributed by atoms with Crippen molar-refractivity contribution in [3.8, 4) is 5.75 Å². The van der Waals surface area contributed by atoms with Crippen LogP contribution in [0.3, 0.4) is 0 Å². The van der Waals surface area contributed by atoms with E-state index in [1.54, 1.807) is 26.2 Å². The fourth-order valence-corrected chi connectivity index (χ4v) is 2.16. The Labute approximate surface area is 149 Å². The highest BCUT2D eigenvalue weighted by Crippen LogP contribution is 2.20. The summed E-state index contributed by atoms with van der Waals surface area (Å²) in [5.41, 5.74) is 1.24. The second kappa shape index (κ2) is 8.47. The number of nitrogens with zero attached hydrogens (tertiary/aromatic N) is 1. The second-order valence-corrected chi connectivity index (χ2v) is 6.90. The van der Waals surface area contributed by atoms with E-state index >= 15 is 0 Å². The molecule has 4 heteroatoms. The Morgan fingerprint density at radius 1 is 1.08 bits per heavy atom. The lowest BCUT2D eigenvalue weighted by molar-refractivity contribution is -0.134. The van der Waals surface area contributed by atoms with E-state index in [4.69, 9.17) is 4.74 Å². The molecule has 0 saturated heterocycles. The number of carbonyl (C=O) groups excluding carboxylic acids is 1. The van der Waals surface area contributed by atoms with Crippen molar-refractivity contribution in [2.75, 3.05) is 6.54 Å². The molecule has 1 heterocycles. The van der Waals surface area contributed by atoms with E-state index in [0.717, 1.165) is 11.1 Å². The van der Waals surface area contributed by atoms with Crippen LogP contribution < -0.4 is 10.1 Å². The smallest absolute Gasteiger partial charge is 0.263 e. The molecule has 0 fully saturated rings. The Morgan fingerprint density at radius 2 is 1.64 bits per heavy atom. The van der Waals surface area contributed by atoms with Gasteiger partial charge in [0.25, 0.3) is 5.91 Å². The van der Waals surface area contributed by atoms with Crippen molar-refractivity contribution < 1.29 is 9.53 Å². The Balaban J connectivity index is 1.97. The molecule has 132 valence electrons. The van der Waals surface area contributed by atoms with Gasteiger partial charge >= 0.3 is 0 Å². The average Bonchev–Trinajstić information content (AvgIpc) is 2.59. The molecule has 0 atom stereocenters. The van der Waals surface area contributed by atoms with Crippen molar-refractivity contribution >= 4 is 18.1 Å². The van der Waals surface area contributed by atoms with E-state index in [2.05, 4.69) is 24.1 Å². The third-order valence-corrected chi connectivity index (χ3v) is 3.65. The summed E-state index contributed by atoms with van der Waals surface area (Å²) in [5.74, 6) is 0.972. The van der Waals surface area contributed by atoms with Crippen LogP contribution in [0.15, 0.2) is 48.8 Å². The standard InChI is InChI=1S/C21H26N2O2/c1-16(2)15-23-20(24)21(3,4)25-19-9-7-17(8-10-19)5-6-18-11-13-22-14-12-18/h5-14,16H,15H2,1-4H3,(H,23,24)/b6-5+. The average molecular weight is 338 g/mol. The maximum Gasteiger partial charge on any atom is 0.263 e. The lowest BCUT2D eigenvalue weighted by Crippen LogP contribution is -2.47. The zero-order chi connectivity index (χ0) is 18.3. The van der Waals surface area contributed by atoms with Gasteiger partial charge in [-0.15, -0.1) is 0 Å². The number of rotatable bonds is 7. The van der Waals surface area contributed by atoms with Crippen molar-refractivity contribution in [1.82, 2.24) is 10.3 Å². The summed E-state index contributed by atoms with van der Waals surface area (Å²) < 4.78 is 5.87. The van der Waals surface area contributed by atoms with Gasteiger partial charge in [-0.2, -0.15) is 0 Å². The lowest BCUT2D eigenvalue weighted by Gasteiger charge is -2.25. The first-order valence-corrected chi connectivity index (χ1v) is 8.52. The van der Waals surface area contributed by atoms with Gasteiger partial charge in [0, 0.05) is 18.9 Å². The van der Waals surface area contributed by atoms with Gasteiger partial charge in [0.1, 0.15) is 5.75 Å². The van der Waals surface area contributed by atoms with E-state index in [1.807, 2.05) is 48.6 Å². The molecule has 0 bridgehead atoms. The highest BCUT2D eigenvalue weighted by molar-refractivity contribution is 5.84. The maximum absolute atomic E-state index is 12.2. The number of carbonyl (C=O) groups is 1. The number of pyridine rings is 1. The minimum atomic E-state index is -0.913. The first-order valence-electron chi connectivity index (χ1n) is 8.52. The van der Waals surface area contributed by atoms with Crippen molar-refractivity contribution in [3.05, 3.63) is 59.9 Å². The number of benzene rings is 1. The molecule has 0 saturated carbocycles. The first kappa shape index (κ1) is 18.7. The van der Waals surface area contributed by atoms with E-state index < -0.39 is 5.60 Å². The zero-order valence-corrected chi connectivity index (χ0v) is 15.3. The molecular formula is C21H26N2O2. The largest absolute Gasteiger partial charge is 0.478 e. The second-order valence-electron chi connectivity index (χ2n) is 6.90. The number of ether oxygens (including phenoxy) is 1. The Hall–Kier alpha value is -2.62. The summed E-state index contributed by atoms with van der Waals surface area (Å²) in [5, 5.41) is 2.91. The van der Waals surface area contributed by atoms with Crippen molar-refractivity contribution in [2.24, 2.45) is 5.92 Å². The summed E-state index contributed by atoms with van der Waals surface area (Å²) in [4.78, 5) is 16.2. The van der Waals surface area contributed by atoms with Gasteiger partial charge in [-0.25, -0.2) is 0 Å². The molecule has 1 N–H and O–H groups in total. The first-order chi connectivity index (χ1) is 11.9. The van der Waals surface area contributed by atoms with E-state index in [9.17, 15) is 4.79 Å². The van der Waals surface area contributed by atoms with Crippen LogP contribution in [0.1, 0.15) is 38.8 Å². The van der Waals surface area contributed by atoms with Gasteiger partial charge in [0.05, 0.1) is 0 Å². The van der Waals surface area contributed by atoms with Crippen LogP contribution in [-0.2, 0) is 4.79 Å². The van der Waals surface area contributed by atoms with E-state index in [1.165, 1.54) is 0 Å². The fraction of sp³-hybridized carbons (Fsp3) is 0.333. The number of hydrogen-bond acceptors (Lipinski definition) is 3. The molecule has 25 heavy (non-hydrogen) atoms. The van der Waals surface area contributed by atoms with Gasteiger partial charge in [0.15, 0.2) is 5.60 Å². The Morgan fingerprint density at radius 3 is 2.20 bits per heavy atom. The molecule has 0 spiro atoms. The molecule has 0 radical (unpaired) electrons. The van der Waals surface area contributed by atoms with Gasteiger partial charge in [-0.05, 0) is 55.2 Å². The monoisotopic (exact) mass is 338 g/mol. The normalized spacial score (nSPS) is 11.7. The Kier molecular flexibility index (Phi) is 6.34. The molecule has 0 aliphatic rings. The predicted octanol–water partition coefficient (Wildman–Crippen LogP) is 4.18. The number of hydrogen-bond donors (Lipinski definition) is 1. The molecule has 0 unspecified atom stereocenters. The third-order valence-electron chi connectivity index (χ3n) is 3.65. The van der Waals surface area contributed by atoms with Gasteiger partial charge in [-0.3, -0.25) is 9.78 Å². The maximum atomic E-state index is 12.2. The molecule has 2 rings (SSSR count). The molecule has 1 aromatic carbocycles. The summed E-state index contributed by atoms with van der Waals surface area (Å²) in [6.07, 6.45) is 7.59. The molecular weight excluding hydrogens is 312 g/mol. The summed E-state index contributed by atoms with van der Waals surface area (Å²) in [7, 11) is 0. The van der Waals surface area contributed by atoms with Crippen molar-refractivity contribution in [3.63, 3.8) is 0 Å². The molecule has 1 aromatic heterocycles. The van der Waals surface area contributed by atoms with Crippen LogP contribution in [0.4, 0.5) is 0 Å². The SMILES string of the molecule is CC(C)CNC(=O)C(C)(C)Oc1ccc(/C=C/c2ccncc2)cc1. The van der Waals surface area contributed by atoms with Crippen LogP contribution in [0.2, 0.25) is 0 Å². The van der Waals surface area contributed by atoms with Crippen LogP contribution >= 0.6 is 0 Å². The summed E-state index contributed by atoms with van der Waals surface area (Å²) in [6.45, 7) is 8.32. The fourth-order valence-electron chi connectivity index (χ4n) is 2.16. The van der Waals surface area contributed by atoms with Gasteiger partial charge < -0.3 is 10.1 Å².